The number of ether oxygens (including phenoxy) is 1. The molecular formula is C17H15ClO2. The molecule has 0 atom stereocenters. The van der Waals surface area contributed by atoms with Crippen LogP contribution in [0.2, 0.25) is 0 Å². The van der Waals surface area contributed by atoms with Gasteiger partial charge in [-0.3, -0.25) is 4.79 Å². The molecule has 3 heteroatoms. The van der Waals surface area contributed by atoms with Crippen LogP contribution >= 0.6 is 11.6 Å². The summed E-state index contributed by atoms with van der Waals surface area (Å²) >= 11 is 5.52. The first-order valence-electron chi connectivity index (χ1n) is 6.35. The first-order valence-corrected chi connectivity index (χ1v) is 6.88. The van der Waals surface area contributed by atoms with E-state index in [0.29, 0.717) is 23.6 Å². The predicted molar refractivity (Wildman–Crippen MR) is 81.7 cm³/mol. The molecule has 0 aromatic heterocycles. The van der Waals surface area contributed by atoms with E-state index in [1.54, 1.807) is 24.3 Å². The standard InChI is InChI=1S/C17H15ClO2/c18-12-4-5-13-20-16-10-8-15(9-11-16)17(19)14-6-2-1-3-7-14/h1-11H,12-13H2. The van der Waals surface area contributed by atoms with E-state index < -0.39 is 0 Å². The summed E-state index contributed by atoms with van der Waals surface area (Å²) in [5.41, 5.74) is 1.34. The minimum absolute atomic E-state index is 0.0131. The van der Waals surface area contributed by atoms with E-state index in [2.05, 4.69) is 0 Å². The van der Waals surface area contributed by atoms with E-state index >= 15 is 0 Å². The van der Waals surface area contributed by atoms with Gasteiger partial charge in [-0.15, -0.1) is 11.6 Å². The number of hydrogen-bond acceptors (Lipinski definition) is 2. The Bertz CT molecular complexity index is 574. The zero-order chi connectivity index (χ0) is 14.2. The van der Waals surface area contributed by atoms with Gasteiger partial charge < -0.3 is 4.74 Å². The minimum Gasteiger partial charge on any atom is -0.490 e. The number of rotatable bonds is 6. The van der Waals surface area contributed by atoms with Gasteiger partial charge in [-0.2, -0.15) is 0 Å². The Hall–Kier alpha value is -2.06. The summed E-state index contributed by atoms with van der Waals surface area (Å²) in [6.45, 7) is 0.471. The van der Waals surface area contributed by atoms with E-state index in [1.165, 1.54) is 0 Å². The van der Waals surface area contributed by atoms with Crippen molar-refractivity contribution in [2.75, 3.05) is 12.5 Å². The molecule has 2 rings (SSSR count). The maximum Gasteiger partial charge on any atom is 0.193 e. The fourth-order valence-electron chi connectivity index (χ4n) is 1.73. The summed E-state index contributed by atoms with van der Waals surface area (Å²) in [6, 6.07) is 16.4. The average molecular weight is 287 g/mol. The lowest BCUT2D eigenvalue weighted by atomic mass is 10.0. The van der Waals surface area contributed by atoms with Crippen molar-refractivity contribution in [3.63, 3.8) is 0 Å². The monoisotopic (exact) mass is 286 g/mol. The third-order valence-electron chi connectivity index (χ3n) is 2.75. The predicted octanol–water partition coefficient (Wildman–Crippen LogP) is 4.09. The van der Waals surface area contributed by atoms with Gasteiger partial charge in [0, 0.05) is 17.0 Å². The van der Waals surface area contributed by atoms with Crippen LogP contribution in [-0.4, -0.2) is 18.3 Å². The lowest BCUT2D eigenvalue weighted by Gasteiger charge is -2.05. The zero-order valence-electron chi connectivity index (χ0n) is 11.0. The van der Waals surface area contributed by atoms with Gasteiger partial charge in [0.05, 0.1) is 0 Å². The maximum absolute atomic E-state index is 12.2. The molecule has 0 fully saturated rings. The van der Waals surface area contributed by atoms with Gasteiger partial charge >= 0.3 is 0 Å². The number of halogens is 1. The fraction of sp³-hybridized carbons (Fsp3) is 0.118. The average Bonchev–Trinajstić information content (AvgIpc) is 2.52. The van der Waals surface area contributed by atoms with E-state index in [-0.39, 0.29) is 5.78 Å². The molecule has 0 aliphatic carbocycles. The van der Waals surface area contributed by atoms with Crippen LogP contribution in [0.5, 0.6) is 5.75 Å². The molecule has 0 unspecified atom stereocenters. The third-order valence-corrected chi connectivity index (χ3v) is 2.93. The van der Waals surface area contributed by atoms with E-state index in [1.807, 2.05) is 42.5 Å². The van der Waals surface area contributed by atoms with Crippen LogP contribution in [0.3, 0.4) is 0 Å². The maximum atomic E-state index is 12.2. The summed E-state index contributed by atoms with van der Waals surface area (Å²) < 4.78 is 5.49. The van der Waals surface area contributed by atoms with Crippen LogP contribution in [0.15, 0.2) is 66.7 Å². The smallest absolute Gasteiger partial charge is 0.193 e. The van der Waals surface area contributed by atoms with Crippen molar-refractivity contribution >= 4 is 17.4 Å². The summed E-state index contributed by atoms with van der Waals surface area (Å²) in [7, 11) is 0. The van der Waals surface area contributed by atoms with Crippen LogP contribution in [0.25, 0.3) is 0 Å². The van der Waals surface area contributed by atoms with Crippen molar-refractivity contribution in [1.29, 1.82) is 0 Å². The Labute approximate surface area is 123 Å². The van der Waals surface area contributed by atoms with Crippen LogP contribution in [-0.2, 0) is 0 Å². The van der Waals surface area contributed by atoms with Gasteiger partial charge in [-0.25, -0.2) is 0 Å². The second kappa shape index (κ2) is 7.51. The van der Waals surface area contributed by atoms with Gasteiger partial charge in [-0.1, -0.05) is 42.5 Å². The topological polar surface area (TPSA) is 26.3 Å². The Kier molecular flexibility index (Phi) is 5.39. The number of allylic oxidation sites excluding steroid dienone is 1. The SMILES string of the molecule is O=C(c1ccccc1)c1ccc(OCC=CCCl)cc1. The molecule has 0 aliphatic rings. The summed E-state index contributed by atoms with van der Waals surface area (Å²) in [5.74, 6) is 1.22. The van der Waals surface area contributed by atoms with Crippen LogP contribution in [0.4, 0.5) is 0 Å². The van der Waals surface area contributed by atoms with Crippen molar-refractivity contribution in [1.82, 2.24) is 0 Å². The zero-order valence-corrected chi connectivity index (χ0v) is 11.7. The number of ketones is 1. The number of alkyl halides is 1. The molecule has 0 amide bonds. The lowest BCUT2D eigenvalue weighted by Crippen LogP contribution is -2.01. The van der Waals surface area contributed by atoms with Crippen LogP contribution in [0, 0.1) is 0 Å². The molecule has 0 spiro atoms. The quantitative estimate of drug-likeness (QED) is 0.454. The molecule has 0 bridgehead atoms. The van der Waals surface area contributed by atoms with Crippen LogP contribution < -0.4 is 4.74 Å². The van der Waals surface area contributed by atoms with E-state index in [0.717, 1.165) is 5.75 Å². The largest absolute Gasteiger partial charge is 0.490 e. The Morgan fingerprint density at radius 2 is 1.60 bits per heavy atom. The summed E-state index contributed by atoms with van der Waals surface area (Å²) in [4.78, 5) is 12.2. The summed E-state index contributed by atoms with van der Waals surface area (Å²) in [5, 5.41) is 0. The second-order valence-corrected chi connectivity index (χ2v) is 4.46. The van der Waals surface area contributed by atoms with Crippen molar-refractivity contribution in [2.24, 2.45) is 0 Å². The van der Waals surface area contributed by atoms with E-state index in [9.17, 15) is 4.79 Å². The number of carbonyl (C=O) groups is 1. The fourth-order valence-corrected chi connectivity index (χ4v) is 1.86. The minimum atomic E-state index is 0.0131. The number of hydrogen-bond donors (Lipinski definition) is 0. The van der Waals surface area contributed by atoms with Crippen molar-refractivity contribution in [3.8, 4) is 5.75 Å². The highest BCUT2D eigenvalue weighted by molar-refractivity contribution is 6.18. The molecule has 0 saturated carbocycles. The van der Waals surface area contributed by atoms with Gasteiger partial charge in [0.1, 0.15) is 12.4 Å². The molecular weight excluding hydrogens is 272 g/mol. The number of carbonyl (C=O) groups excluding carboxylic acids is 1. The van der Waals surface area contributed by atoms with E-state index in [4.69, 9.17) is 16.3 Å². The molecule has 102 valence electrons. The highest BCUT2D eigenvalue weighted by Crippen LogP contribution is 2.15. The molecule has 0 aliphatic heterocycles. The molecule has 0 saturated heterocycles. The highest BCUT2D eigenvalue weighted by atomic mass is 35.5. The van der Waals surface area contributed by atoms with Gasteiger partial charge in [0.15, 0.2) is 5.78 Å². The molecule has 2 aromatic rings. The van der Waals surface area contributed by atoms with Crippen LogP contribution in [0.1, 0.15) is 15.9 Å². The van der Waals surface area contributed by atoms with Crippen molar-refractivity contribution in [2.45, 2.75) is 0 Å². The normalized spacial score (nSPS) is 10.7. The molecule has 2 aromatic carbocycles. The highest BCUT2D eigenvalue weighted by Gasteiger charge is 2.07. The Balaban J connectivity index is 2.01. The molecule has 20 heavy (non-hydrogen) atoms. The third kappa shape index (κ3) is 3.97. The molecule has 0 radical (unpaired) electrons. The molecule has 0 N–H and O–H groups in total. The molecule has 0 heterocycles. The van der Waals surface area contributed by atoms with Crippen molar-refractivity contribution < 1.29 is 9.53 Å². The van der Waals surface area contributed by atoms with Gasteiger partial charge in [0.2, 0.25) is 0 Å². The van der Waals surface area contributed by atoms with Gasteiger partial charge in [-0.05, 0) is 24.3 Å². The lowest BCUT2D eigenvalue weighted by molar-refractivity contribution is 0.103. The number of benzene rings is 2. The second-order valence-electron chi connectivity index (χ2n) is 4.16. The molecule has 2 nitrogen and oxygen atoms in total. The Morgan fingerprint density at radius 1 is 0.950 bits per heavy atom. The van der Waals surface area contributed by atoms with Gasteiger partial charge in [0.25, 0.3) is 0 Å². The first-order chi connectivity index (χ1) is 9.81. The van der Waals surface area contributed by atoms with Crippen molar-refractivity contribution in [3.05, 3.63) is 77.9 Å². The summed E-state index contributed by atoms with van der Waals surface area (Å²) in [6.07, 6.45) is 3.69. The Morgan fingerprint density at radius 3 is 2.25 bits per heavy atom. The first kappa shape index (κ1) is 14.4.